The summed E-state index contributed by atoms with van der Waals surface area (Å²) >= 11 is 12.8. The van der Waals surface area contributed by atoms with Crippen molar-refractivity contribution < 1.29 is 0 Å². The first-order valence-electron chi connectivity index (χ1n) is 8.15. The van der Waals surface area contributed by atoms with Gasteiger partial charge in [0.05, 0.1) is 0 Å². The molecule has 2 fully saturated rings. The topological polar surface area (TPSA) is 15.3 Å². The maximum Gasteiger partial charge on any atom is 0.0455 e. The fraction of sp³-hybridized carbons (Fsp3) is 0.647. The second kappa shape index (κ2) is 7.32. The molecule has 1 saturated heterocycles. The molecule has 1 aromatic rings. The number of benzene rings is 1. The fourth-order valence-electron chi connectivity index (χ4n) is 3.90. The number of hydrogen-bond donors (Lipinski definition) is 1. The molecular formula is C17H24Cl2N2. The zero-order chi connectivity index (χ0) is 14.7. The van der Waals surface area contributed by atoms with E-state index >= 15 is 0 Å². The van der Waals surface area contributed by atoms with Crippen LogP contribution in [0.4, 0.5) is 0 Å². The van der Waals surface area contributed by atoms with Gasteiger partial charge in [-0.1, -0.05) is 42.5 Å². The van der Waals surface area contributed by atoms with E-state index in [9.17, 15) is 0 Å². The lowest BCUT2D eigenvalue weighted by Gasteiger charge is -2.41. The SMILES string of the molecule is Clc1ccc(Cl)c([C@@H](C2CCCCC2)N2CCNCC2)c1. The molecule has 1 atom stereocenters. The van der Waals surface area contributed by atoms with Gasteiger partial charge in [0, 0.05) is 42.3 Å². The van der Waals surface area contributed by atoms with E-state index in [-0.39, 0.29) is 0 Å². The molecule has 4 heteroatoms. The Morgan fingerprint density at radius 2 is 1.76 bits per heavy atom. The maximum atomic E-state index is 6.53. The van der Waals surface area contributed by atoms with Gasteiger partial charge in [-0.15, -0.1) is 0 Å². The van der Waals surface area contributed by atoms with Crippen LogP contribution in [0.1, 0.15) is 43.7 Å². The van der Waals surface area contributed by atoms with Gasteiger partial charge < -0.3 is 5.32 Å². The molecular weight excluding hydrogens is 303 g/mol. The van der Waals surface area contributed by atoms with Crippen LogP contribution >= 0.6 is 23.2 Å². The van der Waals surface area contributed by atoms with Gasteiger partial charge in [-0.2, -0.15) is 0 Å². The monoisotopic (exact) mass is 326 g/mol. The Labute approximate surface area is 137 Å². The summed E-state index contributed by atoms with van der Waals surface area (Å²) in [5.41, 5.74) is 1.23. The van der Waals surface area contributed by atoms with Gasteiger partial charge in [-0.05, 0) is 42.5 Å². The van der Waals surface area contributed by atoms with E-state index in [1.165, 1.54) is 37.7 Å². The summed E-state index contributed by atoms with van der Waals surface area (Å²) in [5.74, 6) is 0.716. The lowest BCUT2D eigenvalue weighted by atomic mass is 9.80. The molecule has 116 valence electrons. The molecule has 0 bridgehead atoms. The van der Waals surface area contributed by atoms with Crippen LogP contribution in [0.3, 0.4) is 0 Å². The van der Waals surface area contributed by atoms with Gasteiger partial charge in [0.15, 0.2) is 0 Å². The van der Waals surface area contributed by atoms with Crippen molar-refractivity contribution in [3.05, 3.63) is 33.8 Å². The molecule has 3 rings (SSSR count). The highest BCUT2D eigenvalue weighted by molar-refractivity contribution is 6.33. The molecule has 2 aliphatic rings. The normalized spacial score (nSPS) is 23.1. The van der Waals surface area contributed by atoms with Crippen LogP contribution in [-0.4, -0.2) is 31.1 Å². The molecule has 1 N–H and O–H groups in total. The minimum atomic E-state index is 0.429. The molecule has 0 unspecified atom stereocenters. The Morgan fingerprint density at radius 1 is 1.05 bits per heavy atom. The lowest BCUT2D eigenvalue weighted by molar-refractivity contribution is 0.103. The quantitative estimate of drug-likeness (QED) is 0.878. The van der Waals surface area contributed by atoms with Crippen molar-refractivity contribution in [2.45, 2.75) is 38.1 Å². The summed E-state index contributed by atoms with van der Waals surface area (Å²) in [5, 5.41) is 5.11. The average molecular weight is 327 g/mol. The van der Waals surface area contributed by atoms with E-state index in [0.717, 1.165) is 36.2 Å². The van der Waals surface area contributed by atoms with Gasteiger partial charge in [-0.3, -0.25) is 4.90 Å². The standard InChI is InChI=1S/C17H24Cl2N2/c18-14-6-7-16(19)15(12-14)17(13-4-2-1-3-5-13)21-10-8-20-9-11-21/h6-7,12-13,17,20H,1-5,8-11H2/t17-/m1/s1. The van der Waals surface area contributed by atoms with E-state index in [2.05, 4.69) is 16.3 Å². The first kappa shape index (κ1) is 15.6. The molecule has 0 radical (unpaired) electrons. The summed E-state index contributed by atoms with van der Waals surface area (Å²) in [6.45, 7) is 4.34. The summed E-state index contributed by atoms with van der Waals surface area (Å²) in [6.07, 6.45) is 6.72. The smallest absolute Gasteiger partial charge is 0.0455 e. The predicted molar refractivity (Wildman–Crippen MR) is 90.2 cm³/mol. The fourth-order valence-corrected chi connectivity index (χ4v) is 4.31. The van der Waals surface area contributed by atoms with E-state index in [0.29, 0.717) is 12.0 Å². The number of halogens is 2. The van der Waals surface area contributed by atoms with Crippen LogP contribution in [0.25, 0.3) is 0 Å². The third kappa shape index (κ3) is 3.73. The largest absolute Gasteiger partial charge is 0.314 e. The molecule has 0 spiro atoms. The number of piperazine rings is 1. The molecule has 0 amide bonds. The van der Waals surface area contributed by atoms with Crippen molar-refractivity contribution in [3.63, 3.8) is 0 Å². The van der Waals surface area contributed by atoms with Gasteiger partial charge in [0.1, 0.15) is 0 Å². The Hall–Kier alpha value is -0.280. The number of nitrogens with zero attached hydrogens (tertiary/aromatic N) is 1. The predicted octanol–water partition coefficient (Wildman–Crippen LogP) is 4.52. The average Bonchev–Trinajstić information content (AvgIpc) is 2.53. The van der Waals surface area contributed by atoms with Gasteiger partial charge in [0.2, 0.25) is 0 Å². The highest BCUT2D eigenvalue weighted by Crippen LogP contribution is 2.41. The number of rotatable bonds is 3. The number of nitrogens with one attached hydrogen (secondary N) is 1. The van der Waals surface area contributed by atoms with Crippen LogP contribution < -0.4 is 5.32 Å². The van der Waals surface area contributed by atoms with E-state index in [1.807, 2.05) is 12.1 Å². The molecule has 21 heavy (non-hydrogen) atoms. The first-order chi connectivity index (χ1) is 10.3. The minimum Gasteiger partial charge on any atom is -0.314 e. The zero-order valence-corrected chi connectivity index (χ0v) is 14.0. The lowest BCUT2D eigenvalue weighted by Crippen LogP contribution is -2.47. The third-order valence-corrected chi connectivity index (χ3v) is 5.50. The molecule has 0 aromatic heterocycles. The van der Waals surface area contributed by atoms with Crippen molar-refractivity contribution in [1.82, 2.24) is 10.2 Å². The molecule has 1 heterocycles. The summed E-state index contributed by atoms with van der Waals surface area (Å²) < 4.78 is 0. The maximum absolute atomic E-state index is 6.53. The van der Waals surface area contributed by atoms with Crippen LogP contribution in [0.15, 0.2) is 18.2 Å². The van der Waals surface area contributed by atoms with Gasteiger partial charge >= 0.3 is 0 Å². The molecule has 1 aliphatic heterocycles. The second-order valence-corrected chi connectivity index (χ2v) is 7.14. The van der Waals surface area contributed by atoms with E-state index < -0.39 is 0 Å². The molecule has 1 saturated carbocycles. The Kier molecular flexibility index (Phi) is 5.44. The van der Waals surface area contributed by atoms with E-state index in [1.54, 1.807) is 0 Å². The molecule has 1 aliphatic carbocycles. The van der Waals surface area contributed by atoms with Crippen LogP contribution in [0, 0.1) is 5.92 Å². The third-order valence-electron chi connectivity index (χ3n) is 4.92. The summed E-state index contributed by atoms with van der Waals surface area (Å²) in [6, 6.07) is 6.37. The number of hydrogen-bond acceptors (Lipinski definition) is 2. The van der Waals surface area contributed by atoms with Crippen molar-refractivity contribution in [1.29, 1.82) is 0 Å². The minimum absolute atomic E-state index is 0.429. The Morgan fingerprint density at radius 3 is 2.48 bits per heavy atom. The van der Waals surface area contributed by atoms with Crippen molar-refractivity contribution >= 4 is 23.2 Å². The van der Waals surface area contributed by atoms with Crippen molar-refractivity contribution in [2.75, 3.05) is 26.2 Å². The van der Waals surface area contributed by atoms with Crippen LogP contribution in [0.2, 0.25) is 10.0 Å². The Bertz CT molecular complexity index is 448. The van der Waals surface area contributed by atoms with Gasteiger partial charge in [-0.25, -0.2) is 0 Å². The van der Waals surface area contributed by atoms with Gasteiger partial charge in [0.25, 0.3) is 0 Å². The highest BCUT2D eigenvalue weighted by atomic mass is 35.5. The summed E-state index contributed by atoms with van der Waals surface area (Å²) in [4.78, 5) is 2.62. The zero-order valence-electron chi connectivity index (χ0n) is 12.5. The van der Waals surface area contributed by atoms with E-state index in [4.69, 9.17) is 23.2 Å². The molecule has 2 nitrogen and oxygen atoms in total. The second-order valence-electron chi connectivity index (χ2n) is 6.29. The van der Waals surface area contributed by atoms with Crippen LogP contribution in [-0.2, 0) is 0 Å². The summed E-state index contributed by atoms with van der Waals surface area (Å²) in [7, 11) is 0. The van der Waals surface area contributed by atoms with Crippen LogP contribution in [0.5, 0.6) is 0 Å². The Balaban J connectivity index is 1.91. The highest BCUT2D eigenvalue weighted by Gasteiger charge is 2.32. The van der Waals surface area contributed by atoms with Crippen molar-refractivity contribution in [2.24, 2.45) is 5.92 Å². The first-order valence-corrected chi connectivity index (χ1v) is 8.91. The molecule has 1 aromatic carbocycles. The van der Waals surface area contributed by atoms with Crippen molar-refractivity contribution in [3.8, 4) is 0 Å².